The van der Waals surface area contributed by atoms with Gasteiger partial charge in [0.1, 0.15) is 0 Å². The Bertz CT molecular complexity index is 176. The molecular weight excluding hydrogens is 170 g/mol. The Labute approximate surface area is 88.7 Å². The smallest absolute Gasteiger partial charge is 0.0126 e. The van der Waals surface area contributed by atoms with E-state index >= 15 is 0 Å². The molecular formula is C13H25N. The predicted octanol–water partition coefficient (Wildman–Crippen LogP) is 3.06. The van der Waals surface area contributed by atoms with Crippen LogP contribution in [0.4, 0.5) is 0 Å². The Morgan fingerprint density at radius 1 is 1.14 bits per heavy atom. The van der Waals surface area contributed by atoms with Gasteiger partial charge >= 0.3 is 0 Å². The number of rotatable bonds is 5. The first-order chi connectivity index (χ1) is 6.83. The molecule has 1 nitrogen and oxygen atoms in total. The van der Waals surface area contributed by atoms with E-state index in [4.69, 9.17) is 0 Å². The van der Waals surface area contributed by atoms with Gasteiger partial charge in [-0.1, -0.05) is 33.1 Å². The molecule has 82 valence electrons. The van der Waals surface area contributed by atoms with Gasteiger partial charge in [0.25, 0.3) is 0 Å². The number of fused-ring (bicyclic) bond motifs is 1. The van der Waals surface area contributed by atoms with Crippen LogP contribution in [0, 0.1) is 23.7 Å². The van der Waals surface area contributed by atoms with E-state index in [0.717, 1.165) is 29.7 Å². The standard InChI is InChI=1S/C13H25N/c1-4-9(5-2)13(14-3)12-10-7-6-8-11(10)12/h9-14H,4-8H2,1-3H3. The topological polar surface area (TPSA) is 12.0 Å². The zero-order valence-corrected chi connectivity index (χ0v) is 9.92. The van der Waals surface area contributed by atoms with Gasteiger partial charge in [-0.2, -0.15) is 0 Å². The first-order valence-corrected chi connectivity index (χ1v) is 6.50. The van der Waals surface area contributed by atoms with Crippen molar-refractivity contribution in [3.8, 4) is 0 Å². The van der Waals surface area contributed by atoms with E-state index in [9.17, 15) is 0 Å². The molecule has 1 N–H and O–H groups in total. The first kappa shape index (κ1) is 10.5. The Morgan fingerprint density at radius 3 is 2.14 bits per heavy atom. The Balaban J connectivity index is 1.93. The summed E-state index contributed by atoms with van der Waals surface area (Å²) in [6.45, 7) is 4.69. The van der Waals surface area contributed by atoms with Gasteiger partial charge in [-0.25, -0.2) is 0 Å². The van der Waals surface area contributed by atoms with Crippen molar-refractivity contribution in [2.45, 2.75) is 52.0 Å². The van der Waals surface area contributed by atoms with Crippen molar-refractivity contribution in [2.24, 2.45) is 23.7 Å². The zero-order chi connectivity index (χ0) is 10.1. The lowest BCUT2D eigenvalue weighted by molar-refractivity contribution is 0.292. The van der Waals surface area contributed by atoms with Crippen molar-refractivity contribution in [3.63, 3.8) is 0 Å². The van der Waals surface area contributed by atoms with Crippen molar-refractivity contribution in [1.82, 2.24) is 5.32 Å². The van der Waals surface area contributed by atoms with Crippen molar-refractivity contribution in [2.75, 3.05) is 7.05 Å². The minimum atomic E-state index is 0.820. The van der Waals surface area contributed by atoms with Crippen molar-refractivity contribution < 1.29 is 0 Å². The highest BCUT2D eigenvalue weighted by Gasteiger charge is 2.56. The van der Waals surface area contributed by atoms with Crippen LogP contribution in [-0.2, 0) is 0 Å². The van der Waals surface area contributed by atoms with Crippen molar-refractivity contribution in [3.05, 3.63) is 0 Å². The summed E-state index contributed by atoms with van der Waals surface area (Å²) in [7, 11) is 2.16. The number of hydrogen-bond donors (Lipinski definition) is 1. The van der Waals surface area contributed by atoms with E-state index in [1.54, 1.807) is 0 Å². The average Bonchev–Trinajstić information content (AvgIpc) is 2.69. The molecule has 0 aromatic rings. The van der Waals surface area contributed by atoms with Crippen LogP contribution in [0.2, 0.25) is 0 Å². The molecule has 2 aliphatic rings. The molecule has 0 radical (unpaired) electrons. The molecule has 0 aliphatic heterocycles. The van der Waals surface area contributed by atoms with Gasteiger partial charge in [0.2, 0.25) is 0 Å². The summed E-state index contributed by atoms with van der Waals surface area (Å²) in [5, 5.41) is 3.59. The molecule has 14 heavy (non-hydrogen) atoms. The molecule has 0 saturated heterocycles. The number of nitrogens with one attached hydrogen (secondary N) is 1. The van der Waals surface area contributed by atoms with E-state index in [2.05, 4.69) is 26.2 Å². The Hall–Kier alpha value is -0.0400. The molecule has 2 rings (SSSR count). The normalized spacial score (nSPS) is 37.3. The molecule has 0 heterocycles. The van der Waals surface area contributed by atoms with Gasteiger partial charge in [-0.05, 0) is 43.6 Å². The monoisotopic (exact) mass is 195 g/mol. The minimum absolute atomic E-state index is 0.820. The van der Waals surface area contributed by atoms with Gasteiger partial charge in [-0.15, -0.1) is 0 Å². The second kappa shape index (κ2) is 4.22. The third-order valence-corrected chi connectivity index (χ3v) is 4.78. The summed E-state index contributed by atoms with van der Waals surface area (Å²) in [6, 6.07) is 0.820. The van der Waals surface area contributed by atoms with E-state index in [1.807, 2.05) is 0 Å². The molecule has 0 aromatic carbocycles. The van der Waals surface area contributed by atoms with Crippen molar-refractivity contribution in [1.29, 1.82) is 0 Å². The SMILES string of the molecule is CCC(CC)C(NC)C1C2CCCC21. The van der Waals surface area contributed by atoms with Crippen LogP contribution in [0.25, 0.3) is 0 Å². The van der Waals surface area contributed by atoms with Crippen LogP contribution < -0.4 is 5.32 Å². The van der Waals surface area contributed by atoms with Crippen LogP contribution in [0.5, 0.6) is 0 Å². The van der Waals surface area contributed by atoms with Crippen LogP contribution in [0.1, 0.15) is 46.0 Å². The Kier molecular flexibility index (Phi) is 3.16. The highest BCUT2D eigenvalue weighted by atomic mass is 14.9. The quantitative estimate of drug-likeness (QED) is 0.711. The molecule has 3 atom stereocenters. The van der Waals surface area contributed by atoms with E-state index < -0.39 is 0 Å². The average molecular weight is 195 g/mol. The van der Waals surface area contributed by atoms with Gasteiger partial charge in [0, 0.05) is 6.04 Å². The lowest BCUT2D eigenvalue weighted by Crippen LogP contribution is -2.36. The van der Waals surface area contributed by atoms with Crippen LogP contribution >= 0.6 is 0 Å². The lowest BCUT2D eigenvalue weighted by Gasteiger charge is -2.26. The van der Waals surface area contributed by atoms with Gasteiger partial charge in [0.15, 0.2) is 0 Å². The molecule has 2 saturated carbocycles. The van der Waals surface area contributed by atoms with Crippen LogP contribution in [-0.4, -0.2) is 13.1 Å². The summed E-state index contributed by atoms with van der Waals surface area (Å²) >= 11 is 0. The largest absolute Gasteiger partial charge is 0.316 e. The molecule has 0 bridgehead atoms. The van der Waals surface area contributed by atoms with Gasteiger partial charge in [0.05, 0.1) is 0 Å². The van der Waals surface area contributed by atoms with Crippen LogP contribution in [0.3, 0.4) is 0 Å². The van der Waals surface area contributed by atoms with Crippen molar-refractivity contribution >= 4 is 0 Å². The molecule has 1 heteroatoms. The van der Waals surface area contributed by atoms with E-state index in [-0.39, 0.29) is 0 Å². The summed E-state index contributed by atoms with van der Waals surface area (Å²) in [6.07, 6.45) is 7.24. The fourth-order valence-corrected chi connectivity index (χ4v) is 3.95. The molecule has 0 amide bonds. The summed E-state index contributed by atoms with van der Waals surface area (Å²) in [5.41, 5.74) is 0. The molecule has 2 aliphatic carbocycles. The fraction of sp³-hybridized carbons (Fsp3) is 1.00. The van der Waals surface area contributed by atoms with Gasteiger partial charge in [-0.3, -0.25) is 0 Å². The van der Waals surface area contributed by atoms with E-state index in [0.29, 0.717) is 0 Å². The zero-order valence-electron chi connectivity index (χ0n) is 9.92. The lowest BCUT2D eigenvalue weighted by atomic mass is 9.88. The highest BCUT2D eigenvalue weighted by molar-refractivity contribution is 5.07. The number of hydrogen-bond acceptors (Lipinski definition) is 1. The predicted molar refractivity (Wildman–Crippen MR) is 61.2 cm³/mol. The third-order valence-electron chi connectivity index (χ3n) is 4.78. The molecule has 3 unspecified atom stereocenters. The van der Waals surface area contributed by atoms with E-state index in [1.165, 1.54) is 32.1 Å². The molecule has 0 spiro atoms. The maximum absolute atomic E-state index is 3.59. The second-order valence-electron chi connectivity index (χ2n) is 5.23. The Morgan fingerprint density at radius 2 is 1.71 bits per heavy atom. The summed E-state index contributed by atoms with van der Waals surface area (Å²) in [4.78, 5) is 0. The van der Waals surface area contributed by atoms with Gasteiger partial charge < -0.3 is 5.32 Å². The maximum Gasteiger partial charge on any atom is 0.0126 e. The molecule has 0 aromatic heterocycles. The highest BCUT2D eigenvalue weighted by Crippen LogP contribution is 2.60. The summed E-state index contributed by atoms with van der Waals surface area (Å²) < 4.78 is 0. The third kappa shape index (κ3) is 1.60. The molecule has 2 fully saturated rings. The first-order valence-electron chi connectivity index (χ1n) is 6.50. The maximum atomic E-state index is 3.59. The second-order valence-corrected chi connectivity index (χ2v) is 5.23. The van der Waals surface area contributed by atoms with Crippen LogP contribution in [0.15, 0.2) is 0 Å². The fourth-order valence-electron chi connectivity index (χ4n) is 3.95. The summed E-state index contributed by atoms with van der Waals surface area (Å²) in [5.74, 6) is 4.16. The minimum Gasteiger partial charge on any atom is -0.316 e.